The Labute approximate surface area is 129 Å². The number of anilines is 1. The Kier molecular flexibility index (Phi) is 5.03. The molecular formula is C17H17N3O2. The summed E-state index contributed by atoms with van der Waals surface area (Å²) in [5.74, 6) is -0.610. The normalized spacial score (nSPS) is 9.86. The molecule has 0 aliphatic carbocycles. The van der Waals surface area contributed by atoms with Gasteiger partial charge in [0.1, 0.15) is 11.4 Å². The molecule has 0 aliphatic heterocycles. The summed E-state index contributed by atoms with van der Waals surface area (Å²) in [6.07, 6.45) is 1.58. The zero-order valence-corrected chi connectivity index (χ0v) is 12.3. The molecule has 2 aromatic rings. The molecule has 0 aliphatic rings. The topological polar surface area (TPSA) is 62.3 Å². The van der Waals surface area contributed by atoms with Gasteiger partial charge in [0.2, 0.25) is 0 Å². The van der Waals surface area contributed by atoms with E-state index in [0.717, 1.165) is 5.69 Å². The van der Waals surface area contributed by atoms with Gasteiger partial charge >= 0.3 is 0 Å². The standard InChI is InChI=1S/C17H17N3O2/c1-3-12-18-16(21)14-10-7-11-15(19-14)17(22)20(2)13-8-5-4-6-9-13/h3-11H,1,12H2,2H3,(H,18,21). The lowest BCUT2D eigenvalue weighted by Crippen LogP contribution is -2.29. The Bertz CT molecular complexity index is 683. The first kappa shape index (κ1) is 15.4. The maximum atomic E-state index is 12.4. The number of nitrogens with zero attached hydrogens (tertiary/aromatic N) is 2. The fourth-order valence-corrected chi connectivity index (χ4v) is 1.88. The second-order valence-corrected chi connectivity index (χ2v) is 4.61. The number of amides is 2. The van der Waals surface area contributed by atoms with Crippen LogP contribution in [0, 0.1) is 0 Å². The smallest absolute Gasteiger partial charge is 0.276 e. The number of nitrogens with one attached hydrogen (secondary N) is 1. The molecule has 0 bridgehead atoms. The minimum atomic E-state index is -0.336. The maximum Gasteiger partial charge on any atom is 0.276 e. The van der Waals surface area contributed by atoms with Gasteiger partial charge in [0.25, 0.3) is 11.8 Å². The number of hydrogen-bond acceptors (Lipinski definition) is 3. The van der Waals surface area contributed by atoms with Crippen LogP contribution in [0.5, 0.6) is 0 Å². The van der Waals surface area contributed by atoms with Crippen molar-refractivity contribution in [3.8, 4) is 0 Å². The van der Waals surface area contributed by atoms with Crippen molar-refractivity contribution in [2.24, 2.45) is 0 Å². The molecule has 22 heavy (non-hydrogen) atoms. The molecule has 2 amide bonds. The monoisotopic (exact) mass is 295 g/mol. The molecule has 0 atom stereocenters. The van der Waals surface area contributed by atoms with Gasteiger partial charge in [-0.3, -0.25) is 9.59 Å². The van der Waals surface area contributed by atoms with E-state index in [0.29, 0.717) is 6.54 Å². The van der Waals surface area contributed by atoms with E-state index in [4.69, 9.17) is 0 Å². The van der Waals surface area contributed by atoms with Gasteiger partial charge in [-0.2, -0.15) is 0 Å². The molecule has 0 saturated carbocycles. The van der Waals surface area contributed by atoms with Gasteiger partial charge in [-0.15, -0.1) is 6.58 Å². The number of hydrogen-bond donors (Lipinski definition) is 1. The first-order valence-corrected chi connectivity index (χ1v) is 6.82. The van der Waals surface area contributed by atoms with Crippen molar-refractivity contribution < 1.29 is 9.59 Å². The van der Waals surface area contributed by atoms with E-state index >= 15 is 0 Å². The van der Waals surface area contributed by atoms with Crippen LogP contribution in [0.25, 0.3) is 0 Å². The fourth-order valence-electron chi connectivity index (χ4n) is 1.88. The summed E-state index contributed by atoms with van der Waals surface area (Å²) < 4.78 is 0. The predicted molar refractivity (Wildman–Crippen MR) is 85.9 cm³/mol. The quantitative estimate of drug-likeness (QED) is 0.861. The van der Waals surface area contributed by atoms with E-state index in [-0.39, 0.29) is 23.2 Å². The second kappa shape index (κ2) is 7.17. The number of rotatable bonds is 5. The van der Waals surface area contributed by atoms with Crippen LogP contribution in [0.3, 0.4) is 0 Å². The highest BCUT2D eigenvalue weighted by Crippen LogP contribution is 2.14. The third-order valence-corrected chi connectivity index (χ3v) is 3.06. The van der Waals surface area contributed by atoms with E-state index in [2.05, 4.69) is 16.9 Å². The lowest BCUT2D eigenvalue weighted by Gasteiger charge is -2.16. The summed E-state index contributed by atoms with van der Waals surface area (Å²) in [6, 6.07) is 14.0. The van der Waals surface area contributed by atoms with Crippen LogP contribution in [-0.4, -0.2) is 30.4 Å². The summed E-state index contributed by atoms with van der Waals surface area (Å²) in [5.41, 5.74) is 1.18. The highest BCUT2D eigenvalue weighted by molar-refractivity contribution is 6.05. The lowest BCUT2D eigenvalue weighted by molar-refractivity contribution is 0.0952. The van der Waals surface area contributed by atoms with Crippen molar-refractivity contribution in [2.45, 2.75) is 0 Å². The van der Waals surface area contributed by atoms with Crippen LogP contribution in [-0.2, 0) is 0 Å². The van der Waals surface area contributed by atoms with Crippen LogP contribution in [0.2, 0.25) is 0 Å². The SMILES string of the molecule is C=CCNC(=O)c1cccc(C(=O)N(C)c2ccccc2)n1. The summed E-state index contributed by atoms with van der Waals surface area (Å²) in [7, 11) is 1.67. The number of pyridine rings is 1. The third kappa shape index (κ3) is 3.58. The number of para-hydroxylation sites is 1. The minimum Gasteiger partial charge on any atom is -0.347 e. The largest absolute Gasteiger partial charge is 0.347 e. The average Bonchev–Trinajstić information content (AvgIpc) is 2.59. The van der Waals surface area contributed by atoms with Crippen LogP contribution in [0.15, 0.2) is 61.2 Å². The molecule has 2 rings (SSSR count). The van der Waals surface area contributed by atoms with Crippen molar-refractivity contribution in [2.75, 3.05) is 18.5 Å². The van der Waals surface area contributed by atoms with Crippen molar-refractivity contribution in [1.29, 1.82) is 0 Å². The zero-order chi connectivity index (χ0) is 15.9. The van der Waals surface area contributed by atoms with E-state index in [9.17, 15) is 9.59 Å². The Morgan fingerprint density at radius 3 is 2.50 bits per heavy atom. The average molecular weight is 295 g/mol. The minimum absolute atomic E-state index is 0.203. The first-order valence-electron chi connectivity index (χ1n) is 6.82. The van der Waals surface area contributed by atoms with Crippen molar-refractivity contribution >= 4 is 17.5 Å². The van der Waals surface area contributed by atoms with Gasteiger partial charge in [0.05, 0.1) is 0 Å². The Morgan fingerprint density at radius 1 is 1.14 bits per heavy atom. The van der Waals surface area contributed by atoms with Gasteiger partial charge in [-0.05, 0) is 24.3 Å². The number of carbonyl (C=O) groups is 2. The Balaban J connectivity index is 2.20. The first-order chi connectivity index (χ1) is 10.6. The maximum absolute atomic E-state index is 12.4. The molecule has 112 valence electrons. The van der Waals surface area contributed by atoms with Crippen LogP contribution in [0.1, 0.15) is 21.0 Å². The number of aromatic nitrogens is 1. The summed E-state index contributed by atoms with van der Waals surface area (Å²) >= 11 is 0. The van der Waals surface area contributed by atoms with Crippen molar-refractivity contribution in [3.05, 3.63) is 72.6 Å². The van der Waals surface area contributed by atoms with Crippen molar-refractivity contribution in [3.63, 3.8) is 0 Å². The number of carbonyl (C=O) groups excluding carboxylic acids is 2. The molecule has 5 nitrogen and oxygen atoms in total. The molecule has 1 aromatic carbocycles. The molecule has 1 heterocycles. The molecule has 5 heteroatoms. The van der Waals surface area contributed by atoms with Crippen molar-refractivity contribution in [1.82, 2.24) is 10.3 Å². The Morgan fingerprint density at radius 2 is 1.82 bits per heavy atom. The van der Waals surface area contributed by atoms with Crippen LogP contribution in [0.4, 0.5) is 5.69 Å². The summed E-state index contributed by atoms with van der Waals surface area (Å²) in [5, 5.41) is 2.63. The Hall–Kier alpha value is -2.95. The van der Waals surface area contributed by atoms with E-state index in [1.807, 2.05) is 30.3 Å². The van der Waals surface area contributed by atoms with E-state index in [1.165, 1.54) is 4.90 Å². The highest BCUT2D eigenvalue weighted by Gasteiger charge is 2.16. The predicted octanol–water partition coefficient (Wildman–Crippen LogP) is 2.27. The van der Waals surface area contributed by atoms with Gasteiger partial charge in [0.15, 0.2) is 0 Å². The van der Waals surface area contributed by atoms with Crippen LogP contribution < -0.4 is 10.2 Å². The zero-order valence-electron chi connectivity index (χ0n) is 12.3. The van der Waals surface area contributed by atoms with Gasteiger partial charge in [-0.1, -0.05) is 30.3 Å². The molecule has 0 saturated heterocycles. The number of benzene rings is 1. The third-order valence-electron chi connectivity index (χ3n) is 3.06. The van der Waals surface area contributed by atoms with Gasteiger partial charge in [-0.25, -0.2) is 4.98 Å². The lowest BCUT2D eigenvalue weighted by atomic mass is 10.2. The summed E-state index contributed by atoms with van der Waals surface area (Å²) in [4.78, 5) is 29.9. The van der Waals surface area contributed by atoms with E-state index < -0.39 is 0 Å². The van der Waals surface area contributed by atoms with Crippen LogP contribution >= 0.6 is 0 Å². The molecule has 1 N–H and O–H groups in total. The molecule has 0 unspecified atom stereocenters. The summed E-state index contributed by atoms with van der Waals surface area (Å²) in [6.45, 7) is 3.88. The molecule has 0 spiro atoms. The van der Waals surface area contributed by atoms with Gasteiger partial charge in [0, 0.05) is 19.3 Å². The molecule has 0 radical (unpaired) electrons. The fraction of sp³-hybridized carbons (Fsp3) is 0.118. The van der Waals surface area contributed by atoms with E-state index in [1.54, 1.807) is 31.3 Å². The van der Waals surface area contributed by atoms with Gasteiger partial charge < -0.3 is 10.2 Å². The molecule has 0 fully saturated rings. The molecular weight excluding hydrogens is 278 g/mol. The second-order valence-electron chi connectivity index (χ2n) is 4.61. The highest BCUT2D eigenvalue weighted by atomic mass is 16.2. The molecule has 1 aromatic heterocycles.